The van der Waals surface area contributed by atoms with Crippen LogP contribution in [0.15, 0.2) is 12.1 Å². The van der Waals surface area contributed by atoms with Crippen LogP contribution in [0, 0.1) is 25.7 Å². The van der Waals surface area contributed by atoms with Crippen molar-refractivity contribution in [1.82, 2.24) is 0 Å². The van der Waals surface area contributed by atoms with Gasteiger partial charge >= 0.3 is 0 Å². The first kappa shape index (κ1) is 14.8. The molecule has 1 atom stereocenters. The monoisotopic (exact) mass is 251 g/mol. The Kier molecular flexibility index (Phi) is 5.48. The van der Waals surface area contributed by atoms with Crippen LogP contribution in [0.25, 0.3) is 0 Å². The first-order chi connectivity index (χ1) is 8.49. The van der Waals surface area contributed by atoms with Gasteiger partial charge in [-0.05, 0) is 37.0 Å². The van der Waals surface area contributed by atoms with Crippen molar-refractivity contribution in [2.24, 2.45) is 11.8 Å². The molecule has 0 amide bonds. The standard InChI is InChI=1S/C15H25NO2/c1-10(2)13(9-17)8-16-14-7-11(3)6-12(4)15(14)18-5/h6-7,10,13,16-17H,8-9H2,1-5H3. The van der Waals surface area contributed by atoms with Crippen molar-refractivity contribution < 1.29 is 9.84 Å². The third-order valence-electron chi connectivity index (χ3n) is 3.36. The van der Waals surface area contributed by atoms with Crippen molar-refractivity contribution in [3.05, 3.63) is 23.3 Å². The van der Waals surface area contributed by atoms with Gasteiger partial charge in [0.25, 0.3) is 0 Å². The van der Waals surface area contributed by atoms with E-state index in [0.717, 1.165) is 23.5 Å². The zero-order valence-electron chi connectivity index (χ0n) is 12.1. The van der Waals surface area contributed by atoms with E-state index in [1.807, 2.05) is 6.92 Å². The Morgan fingerprint density at radius 1 is 1.28 bits per heavy atom. The van der Waals surface area contributed by atoms with E-state index in [1.54, 1.807) is 7.11 Å². The van der Waals surface area contributed by atoms with Crippen molar-refractivity contribution in [3.63, 3.8) is 0 Å². The number of aryl methyl sites for hydroxylation is 2. The maximum Gasteiger partial charge on any atom is 0.144 e. The molecule has 0 aliphatic carbocycles. The lowest BCUT2D eigenvalue weighted by Crippen LogP contribution is -2.23. The second-order valence-electron chi connectivity index (χ2n) is 5.23. The van der Waals surface area contributed by atoms with Gasteiger partial charge < -0.3 is 15.2 Å². The van der Waals surface area contributed by atoms with Crippen LogP contribution >= 0.6 is 0 Å². The summed E-state index contributed by atoms with van der Waals surface area (Å²) in [7, 11) is 1.69. The van der Waals surface area contributed by atoms with Crippen LogP contribution < -0.4 is 10.1 Å². The smallest absolute Gasteiger partial charge is 0.144 e. The lowest BCUT2D eigenvalue weighted by molar-refractivity contribution is 0.198. The molecule has 0 radical (unpaired) electrons. The molecule has 0 saturated heterocycles. The topological polar surface area (TPSA) is 41.5 Å². The SMILES string of the molecule is COc1c(C)cc(C)cc1NCC(CO)C(C)C. The maximum absolute atomic E-state index is 9.34. The Bertz CT molecular complexity index is 388. The van der Waals surface area contributed by atoms with E-state index in [2.05, 4.69) is 38.2 Å². The highest BCUT2D eigenvalue weighted by molar-refractivity contribution is 5.61. The summed E-state index contributed by atoms with van der Waals surface area (Å²) in [6, 6.07) is 4.19. The van der Waals surface area contributed by atoms with E-state index in [0.29, 0.717) is 5.92 Å². The lowest BCUT2D eigenvalue weighted by Gasteiger charge is -2.21. The molecule has 3 nitrogen and oxygen atoms in total. The van der Waals surface area contributed by atoms with Crippen LogP contribution in [0.1, 0.15) is 25.0 Å². The van der Waals surface area contributed by atoms with Crippen LogP contribution in [0.2, 0.25) is 0 Å². The molecule has 0 saturated carbocycles. The van der Waals surface area contributed by atoms with Crippen LogP contribution in [-0.4, -0.2) is 25.4 Å². The second-order valence-corrected chi connectivity index (χ2v) is 5.23. The fraction of sp³-hybridized carbons (Fsp3) is 0.600. The van der Waals surface area contributed by atoms with E-state index in [-0.39, 0.29) is 12.5 Å². The Balaban J connectivity index is 2.83. The molecule has 0 heterocycles. The first-order valence-corrected chi connectivity index (χ1v) is 6.49. The molecule has 102 valence electrons. The second kappa shape index (κ2) is 6.64. The molecule has 3 heteroatoms. The number of methoxy groups -OCH3 is 1. The highest BCUT2D eigenvalue weighted by atomic mass is 16.5. The van der Waals surface area contributed by atoms with E-state index in [4.69, 9.17) is 4.74 Å². The summed E-state index contributed by atoms with van der Waals surface area (Å²) < 4.78 is 5.43. The number of rotatable bonds is 6. The highest BCUT2D eigenvalue weighted by Gasteiger charge is 2.14. The minimum Gasteiger partial charge on any atom is -0.494 e. The summed E-state index contributed by atoms with van der Waals surface area (Å²) >= 11 is 0. The third kappa shape index (κ3) is 3.64. The van der Waals surface area contributed by atoms with Gasteiger partial charge in [-0.15, -0.1) is 0 Å². The van der Waals surface area contributed by atoms with Crippen molar-refractivity contribution in [1.29, 1.82) is 0 Å². The molecule has 0 fully saturated rings. The van der Waals surface area contributed by atoms with Gasteiger partial charge in [0.15, 0.2) is 0 Å². The molecule has 0 aromatic heterocycles. The summed E-state index contributed by atoms with van der Waals surface area (Å²) in [5, 5.41) is 12.7. The van der Waals surface area contributed by atoms with Crippen molar-refractivity contribution in [2.45, 2.75) is 27.7 Å². The Labute approximate surface area is 110 Å². The van der Waals surface area contributed by atoms with Crippen LogP contribution in [0.5, 0.6) is 5.75 Å². The predicted octanol–water partition coefficient (Wildman–Crippen LogP) is 2.99. The van der Waals surface area contributed by atoms with Gasteiger partial charge in [-0.3, -0.25) is 0 Å². The van der Waals surface area contributed by atoms with Gasteiger partial charge in [-0.2, -0.15) is 0 Å². The molecule has 1 unspecified atom stereocenters. The van der Waals surface area contributed by atoms with Gasteiger partial charge in [-0.25, -0.2) is 0 Å². The van der Waals surface area contributed by atoms with Gasteiger partial charge in [0.1, 0.15) is 5.75 Å². The zero-order chi connectivity index (χ0) is 13.7. The molecule has 0 aliphatic heterocycles. The fourth-order valence-electron chi connectivity index (χ4n) is 2.11. The predicted molar refractivity (Wildman–Crippen MR) is 76.4 cm³/mol. The Morgan fingerprint density at radius 3 is 2.44 bits per heavy atom. The van der Waals surface area contributed by atoms with Crippen molar-refractivity contribution in [2.75, 3.05) is 25.6 Å². The van der Waals surface area contributed by atoms with E-state index >= 15 is 0 Å². The molecule has 18 heavy (non-hydrogen) atoms. The van der Waals surface area contributed by atoms with Gasteiger partial charge in [-0.1, -0.05) is 19.9 Å². The zero-order valence-corrected chi connectivity index (χ0v) is 12.1. The number of hydrogen-bond donors (Lipinski definition) is 2. The van der Waals surface area contributed by atoms with Crippen LogP contribution in [0.4, 0.5) is 5.69 Å². The molecular weight excluding hydrogens is 226 g/mol. The summed E-state index contributed by atoms with van der Waals surface area (Å²) in [5.74, 6) is 1.61. The molecule has 1 aromatic rings. The molecular formula is C15H25NO2. The Hall–Kier alpha value is -1.22. The minimum absolute atomic E-state index is 0.206. The molecule has 0 spiro atoms. The average molecular weight is 251 g/mol. The minimum atomic E-state index is 0.206. The summed E-state index contributed by atoms with van der Waals surface area (Å²) in [6.07, 6.45) is 0. The first-order valence-electron chi connectivity index (χ1n) is 6.49. The summed E-state index contributed by atoms with van der Waals surface area (Å²) in [6.45, 7) is 9.33. The van der Waals surface area contributed by atoms with Crippen molar-refractivity contribution >= 4 is 5.69 Å². The normalized spacial score (nSPS) is 12.6. The lowest BCUT2D eigenvalue weighted by atomic mass is 9.96. The molecule has 2 N–H and O–H groups in total. The number of benzene rings is 1. The largest absolute Gasteiger partial charge is 0.494 e. The summed E-state index contributed by atoms with van der Waals surface area (Å²) in [5.41, 5.74) is 3.35. The molecule has 0 aliphatic rings. The molecule has 0 bridgehead atoms. The number of aliphatic hydroxyl groups is 1. The van der Waals surface area contributed by atoms with E-state index in [1.165, 1.54) is 5.56 Å². The van der Waals surface area contributed by atoms with E-state index < -0.39 is 0 Å². The third-order valence-corrected chi connectivity index (χ3v) is 3.36. The quantitative estimate of drug-likeness (QED) is 0.816. The number of aliphatic hydroxyl groups excluding tert-OH is 1. The average Bonchev–Trinajstić information content (AvgIpc) is 2.28. The van der Waals surface area contributed by atoms with Crippen molar-refractivity contribution in [3.8, 4) is 5.75 Å². The summed E-state index contributed by atoms with van der Waals surface area (Å²) in [4.78, 5) is 0. The molecule has 1 aromatic carbocycles. The fourth-order valence-corrected chi connectivity index (χ4v) is 2.11. The number of ether oxygens (including phenoxy) is 1. The van der Waals surface area contributed by atoms with Crippen LogP contribution in [-0.2, 0) is 0 Å². The van der Waals surface area contributed by atoms with Crippen LogP contribution in [0.3, 0.4) is 0 Å². The number of hydrogen-bond acceptors (Lipinski definition) is 3. The molecule has 1 rings (SSSR count). The number of anilines is 1. The maximum atomic E-state index is 9.34. The van der Waals surface area contributed by atoms with E-state index in [9.17, 15) is 5.11 Å². The highest BCUT2D eigenvalue weighted by Crippen LogP contribution is 2.30. The Morgan fingerprint density at radius 2 is 1.94 bits per heavy atom. The van der Waals surface area contributed by atoms with Gasteiger partial charge in [0.05, 0.1) is 12.8 Å². The van der Waals surface area contributed by atoms with Gasteiger partial charge in [0, 0.05) is 19.1 Å². The van der Waals surface area contributed by atoms with Gasteiger partial charge in [0.2, 0.25) is 0 Å². The number of nitrogens with one attached hydrogen (secondary N) is 1.